The molecule has 4 heteroatoms. The van der Waals surface area contributed by atoms with Crippen LogP contribution in [0.1, 0.15) is 29.3 Å². The smallest absolute Gasteiger partial charge is 0.135 e. The summed E-state index contributed by atoms with van der Waals surface area (Å²) in [6.07, 6.45) is 4.11. The fourth-order valence-electron chi connectivity index (χ4n) is 2.55. The lowest BCUT2D eigenvalue weighted by molar-refractivity contribution is 0.134. The third kappa shape index (κ3) is 3.49. The van der Waals surface area contributed by atoms with E-state index >= 15 is 0 Å². The Balaban J connectivity index is 1.77. The number of benzene rings is 1. The first-order valence-corrected chi connectivity index (χ1v) is 7.86. The molecule has 0 radical (unpaired) electrons. The van der Waals surface area contributed by atoms with Gasteiger partial charge in [0.15, 0.2) is 0 Å². The average Bonchev–Trinajstić information content (AvgIpc) is 2.54. The summed E-state index contributed by atoms with van der Waals surface area (Å²) in [4.78, 5) is 6.76. The summed E-state index contributed by atoms with van der Waals surface area (Å²) in [5, 5.41) is 0.536. The summed E-state index contributed by atoms with van der Waals surface area (Å²) >= 11 is 6.22. The topological polar surface area (TPSA) is 25.4 Å². The van der Waals surface area contributed by atoms with E-state index in [1.807, 2.05) is 19.1 Å². The molecule has 0 spiro atoms. The summed E-state index contributed by atoms with van der Waals surface area (Å²) in [5.74, 6) is 0. The molecule has 2 aromatic rings. The van der Waals surface area contributed by atoms with Crippen molar-refractivity contribution in [3.8, 4) is 0 Å². The van der Waals surface area contributed by atoms with Gasteiger partial charge < -0.3 is 9.64 Å². The highest BCUT2D eigenvalue weighted by molar-refractivity contribution is 6.30. The summed E-state index contributed by atoms with van der Waals surface area (Å²) in [7, 11) is 0. The monoisotopic (exact) mass is 314 g/mol. The maximum atomic E-state index is 6.22. The summed E-state index contributed by atoms with van der Waals surface area (Å²) in [6, 6.07) is 12.6. The molecule has 0 N–H and O–H groups in total. The Morgan fingerprint density at radius 2 is 2.09 bits per heavy atom. The van der Waals surface area contributed by atoms with Crippen molar-refractivity contribution in [3.05, 3.63) is 70.1 Å². The van der Waals surface area contributed by atoms with Crippen molar-refractivity contribution in [2.24, 2.45) is 0 Å². The van der Waals surface area contributed by atoms with Crippen LogP contribution in [0.25, 0.3) is 6.08 Å². The van der Waals surface area contributed by atoms with Crippen molar-refractivity contribution in [1.29, 1.82) is 0 Å². The minimum Gasteiger partial charge on any atom is -0.377 e. The Morgan fingerprint density at radius 1 is 1.27 bits per heavy atom. The number of hydrogen-bond donors (Lipinski definition) is 0. The fraction of sp³-hybridized carbons (Fsp3) is 0.278. The molecular formula is C18H19ClN2O. The maximum absolute atomic E-state index is 6.22. The first-order chi connectivity index (χ1) is 10.8. The number of hydrogen-bond acceptors (Lipinski definition) is 3. The van der Waals surface area contributed by atoms with Gasteiger partial charge in [-0.15, -0.1) is 0 Å². The van der Waals surface area contributed by atoms with Crippen LogP contribution in [0.5, 0.6) is 0 Å². The molecule has 0 fully saturated rings. The van der Waals surface area contributed by atoms with Gasteiger partial charge in [-0.1, -0.05) is 41.9 Å². The Morgan fingerprint density at radius 3 is 2.86 bits per heavy atom. The molecule has 0 unspecified atom stereocenters. The molecule has 0 bridgehead atoms. The highest BCUT2D eigenvalue weighted by Crippen LogP contribution is 2.25. The van der Waals surface area contributed by atoms with E-state index in [2.05, 4.69) is 46.4 Å². The Bertz CT molecular complexity index is 670. The molecule has 0 atom stereocenters. The molecule has 1 aromatic carbocycles. The minimum absolute atomic E-state index is 0.512. The Labute approximate surface area is 136 Å². The number of nitrogens with zero attached hydrogens (tertiary/aromatic N) is 2. The van der Waals surface area contributed by atoms with Gasteiger partial charge >= 0.3 is 0 Å². The van der Waals surface area contributed by atoms with Crippen LogP contribution in [0, 0.1) is 0 Å². The van der Waals surface area contributed by atoms with E-state index in [1.54, 1.807) is 0 Å². The van der Waals surface area contributed by atoms with E-state index in [4.69, 9.17) is 16.3 Å². The maximum Gasteiger partial charge on any atom is 0.135 e. The fourth-order valence-corrected chi connectivity index (χ4v) is 2.75. The van der Waals surface area contributed by atoms with E-state index in [-0.39, 0.29) is 0 Å². The van der Waals surface area contributed by atoms with Gasteiger partial charge in [0.05, 0.1) is 12.3 Å². The lowest BCUT2D eigenvalue weighted by atomic mass is 10.1. The highest BCUT2D eigenvalue weighted by Gasteiger charge is 2.15. The highest BCUT2D eigenvalue weighted by atomic mass is 35.5. The van der Waals surface area contributed by atoms with Gasteiger partial charge in [0, 0.05) is 31.5 Å². The van der Waals surface area contributed by atoms with Gasteiger partial charge in [-0.3, -0.25) is 0 Å². The molecule has 1 aromatic heterocycles. The van der Waals surface area contributed by atoms with E-state index < -0.39 is 0 Å². The summed E-state index contributed by atoms with van der Waals surface area (Å²) in [6.45, 7) is 4.89. The second-order valence-corrected chi connectivity index (χ2v) is 5.68. The van der Waals surface area contributed by atoms with E-state index in [0.717, 1.165) is 24.3 Å². The predicted octanol–water partition coefficient (Wildman–Crippen LogP) is 4.26. The third-order valence-electron chi connectivity index (χ3n) is 3.67. The molecule has 2 heterocycles. The zero-order valence-electron chi connectivity index (χ0n) is 12.6. The number of aromatic nitrogens is 1. The second kappa shape index (κ2) is 6.95. The van der Waals surface area contributed by atoms with Gasteiger partial charge in [0.2, 0.25) is 0 Å². The summed E-state index contributed by atoms with van der Waals surface area (Å²) in [5.41, 5.74) is 4.40. The molecule has 3 nitrogen and oxygen atoms in total. The van der Waals surface area contributed by atoms with Crippen LogP contribution in [0.15, 0.2) is 42.6 Å². The normalized spacial score (nSPS) is 13.3. The van der Waals surface area contributed by atoms with Crippen LogP contribution in [-0.4, -0.2) is 16.5 Å². The van der Waals surface area contributed by atoms with Crippen molar-refractivity contribution < 1.29 is 4.74 Å². The van der Waals surface area contributed by atoms with Crippen molar-refractivity contribution in [2.75, 3.05) is 6.61 Å². The van der Waals surface area contributed by atoms with Gasteiger partial charge in [-0.05, 0) is 30.2 Å². The van der Waals surface area contributed by atoms with Gasteiger partial charge in [0.1, 0.15) is 5.15 Å². The molecule has 114 valence electrons. The van der Waals surface area contributed by atoms with Crippen molar-refractivity contribution in [2.45, 2.75) is 26.6 Å². The Kier molecular flexibility index (Phi) is 4.76. The van der Waals surface area contributed by atoms with Crippen LogP contribution in [0.3, 0.4) is 0 Å². The lowest BCUT2D eigenvalue weighted by Crippen LogP contribution is -2.20. The van der Waals surface area contributed by atoms with Crippen LogP contribution in [-0.2, 0) is 24.4 Å². The number of fused-ring (bicyclic) bond motifs is 1. The number of pyridine rings is 1. The largest absolute Gasteiger partial charge is 0.377 e. The lowest BCUT2D eigenvalue weighted by Gasteiger charge is -2.25. The van der Waals surface area contributed by atoms with Crippen LogP contribution in [0.4, 0.5) is 0 Å². The van der Waals surface area contributed by atoms with Crippen LogP contribution >= 0.6 is 11.6 Å². The van der Waals surface area contributed by atoms with E-state index in [1.165, 1.54) is 11.1 Å². The molecule has 0 aliphatic carbocycles. The van der Waals surface area contributed by atoms with Crippen molar-refractivity contribution in [1.82, 2.24) is 9.88 Å². The van der Waals surface area contributed by atoms with E-state index in [9.17, 15) is 0 Å². The molecule has 1 aliphatic heterocycles. The zero-order chi connectivity index (χ0) is 15.4. The number of rotatable bonds is 5. The molecule has 0 saturated heterocycles. The van der Waals surface area contributed by atoms with Gasteiger partial charge in [-0.25, -0.2) is 4.98 Å². The van der Waals surface area contributed by atoms with Gasteiger partial charge in [-0.2, -0.15) is 0 Å². The number of halogens is 1. The first-order valence-electron chi connectivity index (χ1n) is 7.48. The van der Waals surface area contributed by atoms with Crippen LogP contribution in [0.2, 0.25) is 5.15 Å². The first kappa shape index (κ1) is 15.1. The average molecular weight is 315 g/mol. The SMILES string of the molecule is CCOCc1cc2c(nc1Cl)C=CN(Cc1ccccc1)C2. The molecule has 0 amide bonds. The quantitative estimate of drug-likeness (QED) is 0.771. The summed E-state index contributed by atoms with van der Waals surface area (Å²) < 4.78 is 5.46. The van der Waals surface area contributed by atoms with Crippen LogP contribution < -0.4 is 0 Å². The molecule has 1 aliphatic rings. The van der Waals surface area contributed by atoms with Crippen molar-refractivity contribution in [3.63, 3.8) is 0 Å². The molecule has 22 heavy (non-hydrogen) atoms. The third-order valence-corrected chi connectivity index (χ3v) is 4.00. The Hall–Kier alpha value is -1.84. The zero-order valence-corrected chi connectivity index (χ0v) is 13.4. The minimum atomic E-state index is 0.512. The van der Waals surface area contributed by atoms with Gasteiger partial charge in [0.25, 0.3) is 0 Å². The molecule has 0 saturated carbocycles. The van der Waals surface area contributed by atoms with E-state index in [0.29, 0.717) is 18.4 Å². The predicted molar refractivity (Wildman–Crippen MR) is 89.3 cm³/mol. The molecular weight excluding hydrogens is 296 g/mol. The molecule has 3 rings (SSSR count). The second-order valence-electron chi connectivity index (χ2n) is 5.33. The number of ether oxygens (including phenoxy) is 1. The van der Waals surface area contributed by atoms with Crippen molar-refractivity contribution >= 4 is 17.7 Å². The standard InChI is InChI=1S/C18H19ClN2O/c1-2-22-13-16-10-15-12-21(9-8-17(15)20-18(16)19)11-14-6-4-3-5-7-14/h3-10H,2,11-13H2,1H3.